The Balaban J connectivity index is 1.91. The summed E-state index contributed by atoms with van der Waals surface area (Å²) in [5.41, 5.74) is 1.39. The molecule has 1 fully saturated rings. The molecule has 0 saturated carbocycles. The van der Waals surface area contributed by atoms with E-state index in [1.54, 1.807) is 0 Å². The predicted octanol–water partition coefficient (Wildman–Crippen LogP) is 4.17. The Morgan fingerprint density at radius 3 is 2.80 bits per heavy atom. The van der Waals surface area contributed by atoms with Gasteiger partial charge in [0.2, 0.25) is 0 Å². The molecule has 2 atom stereocenters. The molecular weight excluding hydrogens is 246 g/mol. The van der Waals surface area contributed by atoms with Gasteiger partial charge in [0, 0.05) is 12.5 Å². The van der Waals surface area contributed by atoms with Crippen LogP contribution in [0.4, 0.5) is 0 Å². The van der Waals surface area contributed by atoms with E-state index in [9.17, 15) is 0 Å². The van der Waals surface area contributed by atoms with E-state index < -0.39 is 0 Å². The van der Waals surface area contributed by atoms with Crippen molar-refractivity contribution in [3.05, 3.63) is 29.8 Å². The van der Waals surface area contributed by atoms with Crippen LogP contribution in [0.3, 0.4) is 0 Å². The largest absolute Gasteiger partial charge is 0.493 e. The fourth-order valence-electron chi connectivity index (χ4n) is 2.90. The lowest BCUT2D eigenvalue weighted by Gasteiger charge is -2.29. The Hall–Kier alpha value is -1.02. The number of hydrogen-bond acceptors (Lipinski definition) is 2. The predicted molar refractivity (Wildman–Crippen MR) is 85.4 cm³/mol. The topological polar surface area (TPSA) is 12.5 Å². The number of piperidine rings is 1. The fourth-order valence-corrected chi connectivity index (χ4v) is 2.90. The Labute approximate surface area is 124 Å². The van der Waals surface area contributed by atoms with Crippen LogP contribution in [0.2, 0.25) is 0 Å². The minimum atomic E-state index is 0.583. The van der Waals surface area contributed by atoms with Gasteiger partial charge in [0.15, 0.2) is 0 Å². The summed E-state index contributed by atoms with van der Waals surface area (Å²) >= 11 is 0. The van der Waals surface area contributed by atoms with Gasteiger partial charge in [0.05, 0.1) is 6.61 Å². The summed E-state index contributed by atoms with van der Waals surface area (Å²) in [4.78, 5) is 2.41. The third-order valence-corrected chi connectivity index (χ3v) is 4.59. The highest BCUT2D eigenvalue weighted by molar-refractivity contribution is 5.30. The lowest BCUT2D eigenvalue weighted by Crippen LogP contribution is -2.34. The highest BCUT2D eigenvalue weighted by Crippen LogP contribution is 2.27. The van der Waals surface area contributed by atoms with E-state index in [4.69, 9.17) is 4.74 Å². The third kappa shape index (κ3) is 4.24. The zero-order valence-corrected chi connectivity index (χ0v) is 13.4. The maximum absolute atomic E-state index is 6.04. The van der Waals surface area contributed by atoms with E-state index in [0.717, 1.165) is 12.4 Å². The summed E-state index contributed by atoms with van der Waals surface area (Å²) in [7, 11) is 2.21. The van der Waals surface area contributed by atoms with E-state index in [2.05, 4.69) is 57.0 Å². The number of rotatable bonds is 5. The van der Waals surface area contributed by atoms with Gasteiger partial charge in [-0.1, -0.05) is 32.9 Å². The molecule has 1 aliphatic heterocycles. The average Bonchev–Trinajstić information content (AvgIpc) is 2.44. The molecule has 0 aliphatic carbocycles. The van der Waals surface area contributed by atoms with Crippen LogP contribution in [0.1, 0.15) is 45.1 Å². The van der Waals surface area contributed by atoms with Gasteiger partial charge >= 0.3 is 0 Å². The van der Waals surface area contributed by atoms with E-state index in [-0.39, 0.29) is 0 Å². The van der Waals surface area contributed by atoms with Crippen molar-refractivity contribution in [1.82, 2.24) is 4.90 Å². The monoisotopic (exact) mass is 275 g/mol. The van der Waals surface area contributed by atoms with Crippen molar-refractivity contribution < 1.29 is 4.74 Å². The van der Waals surface area contributed by atoms with E-state index in [1.807, 2.05) is 0 Å². The lowest BCUT2D eigenvalue weighted by molar-refractivity contribution is 0.150. The molecule has 1 saturated heterocycles. The van der Waals surface area contributed by atoms with Crippen LogP contribution in [0.5, 0.6) is 5.75 Å². The number of nitrogens with zero attached hydrogens (tertiary/aromatic N) is 1. The summed E-state index contributed by atoms with van der Waals surface area (Å²) in [6.45, 7) is 10.1. The third-order valence-electron chi connectivity index (χ3n) is 4.59. The lowest BCUT2D eigenvalue weighted by atomic mass is 9.90. The Bertz CT molecular complexity index is 416. The first-order chi connectivity index (χ1) is 9.56. The van der Waals surface area contributed by atoms with Crippen LogP contribution in [0.25, 0.3) is 0 Å². The molecule has 20 heavy (non-hydrogen) atoms. The first kappa shape index (κ1) is 15.4. The molecule has 112 valence electrons. The van der Waals surface area contributed by atoms with Crippen molar-refractivity contribution in [2.75, 3.05) is 26.7 Å². The average molecular weight is 275 g/mol. The molecule has 0 amide bonds. The fraction of sp³-hybridized carbons (Fsp3) is 0.667. The SMILES string of the molecule is CC(C)C(C)c1cccc(OCC2CCCN(C)C2)c1. The minimum absolute atomic E-state index is 0.583. The number of benzene rings is 1. The molecule has 0 N–H and O–H groups in total. The zero-order chi connectivity index (χ0) is 14.5. The van der Waals surface area contributed by atoms with Crippen molar-refractivity contribution in [1.29, 1.82) is 0 Å². The van der Waals surface area contributed by atoms with Crippen LogP contribution in [-0.2, 0) is 0 Å². The van der Waals surface area contributed by atoms with Crippen molar-refractivity contribution in [2.45, 2.75) is 39.5 Å². The molecule has 0 aromatic heterocycles. The van der Waals surface area contributed by atoms with Gasteiger partial charge in [-0.25, -0.2) is 0 Å². The van der Waals surface area contributed by atoms with Gasteiger partial charge < -0.3 is 9.64 Å². The molecule has 2 rings (SSSR count). The van der Waals surface area contributed by atoms with Crippen molar-refractivity contribution >= 4 is 0 Å². The molecule has 2 nitrogen and oxygen atoms in total. The number of likely N-dealkylation sites (tertiary alicyclic amines) is 1. The second-order valence-electron chi connectivity index (χ2n) is 6.69. The standard InChI is InChI=1S/C18H29NO/c1-14(2)15(3)17-8-5-9-18(11-17)20-13-16-7-6-10-19(4)12-16/h5,8-9,11,14-16H,6-7,10,12-13H2,1-4H3. The second-order valence-corrected chi connectivity index (χ2v) is 6.69. The van der Waals surface area contributed by atoms with Crippen molar-refractivity contribution in [3.63, 3.8) is 0 Å². The summed E-state index contributed by atoms with van der Waals surface area (Å²) in [6, 6.07) is 8.64. The smallest absolute Gasteiger partial charge is 0.119 e. The highest BCUT2D eigenvalue weighted by atomic mass is 16.5. The molecule has 1 aromatic carbocycles. The minimum Gasteiger partial charge on any atom is -0.493 e. The van der Waals surface area contributed by atoms with Crippen LogP contribution in [0.15, 0.2) is 24.3 Å². The molecule has 1 aromatic rings. The first-order valence-electron chi connectivity index (χ1n) is 7.97. The van der Waals surface area contributed by atoms with Gasteiger partial charge in [-0.05, 0) is 56.0 Å². The Morgan fingerprint density at radius 2 is 2.10 bits per heavy atom. The molecule has 1 heterocycles. The van der Waals surface area contributed by atoms with Gasteiger partial charge in [0.25, 0.3) is 0 Å². The van der Waals surface area contributed by atoms with E-state index in [1.165, 1.54) is 31.5 Å². The molecule has 0 bridgehead atoms. The first-order valence-corrected chi connectivity index (χ1v) is 7.97. The number of hydrogen-bond donors (Lipinski definition) is 0. The summed E-state index contributed by atoms with van der Waals surface area (Å²) in [5.74, 6) is 2.96. The van der Waals surface area contributed by atoms with Gasteiger partial charge in [-0.3, -0.25) is 0 Å². The quantitative estimate of drug-likeness (QED) is 0.800. The molecule has 0 spiro atoms. The van der Waals surface area contributed by atoms with Crippen LogP contribution in [0, 0.1) is 11.8 Å². The molecule has 2 unspecified atom stereocenters. The molecular formula is C18H29NO. The van der Waals surface area contributed by atoms with Crippen LogP contribution < -0.4 is 4.74 Å². The van der Waals surface area contributed by atoms with Crippen molar-refractivity contribution in [3.8, 4) is 5.75 Å². The van der Waals surface area contributed by atoms with E-state index >= 15 is 0 Å². The van der Waals surface area contributed by atoms with Gasteiger partial charge in [-0.15, -0.1) is 0 Å². The van der Waals surface area contributed by atoms with Crippen LogP contribution in [-0.4, -0.2) is 31.6 Å². The molecule has 2 heteroatoms. The Morgan fingerprint density at radius 1 is 1.30 bits per heavy atom. The summed E-state index contributed by atoms with van der Waals surface area (Å²) < 4.78 is 6.04. The van der Waals surface area contributed by atoms with Crippen molar-refractivity contribution in [2.24, 2.45) is 11.8 Å². The maximum atomic E-state index is 6.04. The molecule has 1 aliphatic rings. The summed E-state index contributed by atoms with van der Waals surface area (Å²) in [5, 5.41) is 0. The van der Waals surface area contributed by atoms with Gasteiger partial charge in [-0.2, -0.15) is 0 Å². The Kier molecular flexibility index (Phi) is 5.47. The zero-order valence-electron chi connectivity index (χ0n) is 13.4. The summed E-state index contributed by atoms with van der Waals surface area (Å²) in [6.07, 6.45) is 2.60. The van der Waals surface area contributed by atoms with Crippen LogP contribution >= 0.6 is 0 Å². The normalized spacial score (nSPS) is 21.9. The second kappa shape index (κ2) is 7.12. The van der Waals surface area contributed by atoms with Gasteiger partial charge in [0.1, 0.15) is 5.75 Å². The highest BCUT2D eigenvalue weighted by Gasteiger charge is 2.18. The maximum Gasteiger partial charge on any atom is 0.119 e. The molecule has 0 radical (unpaired) electrons. The number of ether oxygens (including phenoxy) is 1. The van der Waals surface area contributed by atoms with E-state index in [0.29, 0.717) is 17.8 Å².